The highest BCUT2D eigenvalue weighted by atomic mass is 32.2. The van der Waals surface area contributed by atoms with E-state index in [4.69, 9.17) is 10.5 Å². The average molecular weight is 432 g/mol. The molecule has 1 aliphatic heterocycles. The van der Waals surface area contributed by atoms with E-state index in [9.17, 15) is 9.59 Å². The molecular weight excluding hydrogens is 402 g/mol. The third kappa shape index (κ3) is 6.30. The molecular formula is C21H29N5O3S. The molecule has 1 fully saturated rings. The molecule has 2 heterocycles. The molecule has 1 aliphatic rings. The smallest absolute Gasteiger partial charge is 0.234 e. The van der Waals surface area contributed by atoms with E-state index in [1.165, 1.54) is 17.3 Å². The van der Waals surface area contributed by atoms with Crippen LogP contribution in [-0.4, -0.2) is 45.0 Å². The number of primary amides is 1. The molecule has 1 atom stereocenters. The first-order chi connectivity index (χ1) is 14.4. The predicted molar refractivity (Wildman–Crippen MR) is 116 cm³/mol. The number of anilines is 1. The molecule has 30 heavy (non-hydrogen) atoms. The summed E-state index contributed by atoms with van der Waals surface area (Å²) in [5.41, 5.74) is 7.25. The molecule has 0 spiro atoms. The maximum Gasteiger partial charge on any atom is 0.234 e. The lowest BCUT2D eigenvalue weighted by Gasteiger charge is -2.14. The zero-order valence-corrected chi connectivity index (χ0v) is 18.3. The summed E-state index contributed by atoms with van der Waals surface area (Å²) in [4.78, 5) is 23.6. The minimum atomic E-state index is -0.376. The normalized spacial score (nSPS) is 16.2. The Morgan fingerprint density at radius 3 is 2.90 bits per heavy atom. The van der Waals surface area contributed by atoms with Gasteiger partial charge in [0.25, 0.3) is 0 Å². The summed E-state index contributed by atoms with van der Waals surface area (Å²) in [6.45, 7) is 5.60. The van der Waals surface area contributed by atoms with Crippen LogP contribution >= 0.6 is 11.8 Å². The van der Waals surface area contributed by atoms with E-state index in [0.29, 0.717) is 29.9 Å². The molecule has 1 aromatic carbocycles. The number of nitrogens with zero attached hydrogens (tertiary/aromatic N) is 3. The maximum atomic E-state index is 12.5. The number of ether oxygens (including phenoxy) is 1. The van der Waals surface area contributed by atoms with Crippen molar-refractivity contribution in [1.82, 2.24) is 14.8 Å². The van der Waals surface area contributed by atoms with Gasteiger partial charge in [0.1, 0.15) is 5.82 Å². The third-order valence-electron chi connectivity index (χ3n) is 4.97. The van der Waals surface area contributed by atoms with Crippen molar-refractivity contribution >= 4 is 29.3 Å². The van der Waals surface area contributed by atoms with Gasteiger partial charge in [0, 0.05) is 25.1 Å². The minimum Gasteiger partial charge on any atom is -0.376 e. The van der Waals surface area contributed by atoms with Crippen LogP contribution in [0.5, 0.6) is 0 Å². The van der Waals surface area contributed by atoms with Crippen LogP contribution in [0.4, 0.5) is 5.69 Å². The first-order valence-electron chi connectivity index (χ1n) is 10.3. The van der Waals surface area contributed by atoms with Crippen LogP contribution in [0, 0.1) is 0 Å². The summed E-state index contributed by atoms with van der Waals surface area (Å²) >= 11 is 1.33. The van der Waals surface area contributed by atoms with Gasteiger partial charge in [0.15, 0.2) is 5.16 Å². The quantitative estimate of drug-likeness (QED) is 0.560. The fourth-order valence-corrected chi connectivity index (χ4v) is 4.09. The summed E-state index contributed by atoms with van der Waals surface area (Å²) in [5.74, 6) is 0.819. The Kier molecular flexibility index (Phi) is 7.87. The highest BCUT2D eigenvalue weighted by molar-refractivity contribution is 7.99. The number of aromatic nitrogens is 3. The van der Waals surface area contributed by atoms with Crippen LogP contribution in [0.2, 0.25) is 0 Å². The molecule has 0 radical (unpaired) electrons. The number of nitrogens with one attached hydrogen (secondary N) is 1. The molecule has 1 aromatic heterocycles. The summed E-state index contributed by atoms with van der Waals surface area (Å²) < 4.78 is 7.69. The third-order valence-corrected chi connectivity index (χ3v) is 5.93. The topological polar surface area (TPSA) is 112 Å². The van der Waals surface area contributed by atoms with Crippen molar-refractivity contribution in [3.05, 3.63) is 35.7 Å². The van der Waals surface area contributed by atoms with Crippen molar-refractivity contribution in [1.29, 1.82) is 0 Å². The minimum absolute atomic E-state index is 0.0975. The van der Waals surface area contributed by atoms with Crippen LogP contribution < -0.4 is 11.1 Å². The molecule has 162 valence electrons. The Morgan fingerprint density at radius 1 is 1.37 bits per heavy atom. The van der Waals surface area contributed by atoms with E-state index in [1.807, 2.05) is 22.8 Å². The average Bonchev–Trinajstić information content (AvgIpc) is 3.35. The SMILES string of the molecule is CC(C)c1cccc(NC(=O)CSc2nnc(CCC(N)=O)n2CC2CCCO2)c1. The lowest BCUT2D eigenvalue weighted by Crippen LogP contribution is -2.20. The van der Waals surface area contributed by atoms with Crippen LogP contribution in [0.15, 0.2) is 29.4 Å². The molecule has 8 nitrogen and oxygen atoms in total. The van der Waals surface area contributed by atoms with Gasteiger partial charge in [-0.05, 0) is 36.5 Å². The Bertz CT molecular complexity index is 877. The lowest BCUT2D eigenvalue weighted by molar-refractivity contribution is -0.118. The van der Waals surface area contributed by atoms with E-state index >= 15 is 0 Å². The van der Waals surface area contributed by atoms with E-state index in [0.717, 1.165) is 25.1 Å². The Morgan fingerprint density at radius 2 is 2.20 bits per heavy atom. The number of amides is 2. The second-order valence-electron chi connectivity index (χ2n) is 7.73. The number of nitrogens with two attached hydrogens (primary N) is 1. The first-order valence-corrected chi connectivity index (χ1v) is 11.3. The fourth-order valence-electron chi connectivity index (χ4n) is 3.32. The fraction of sp³-hybridized carbons (Fsp3) is 0.524. The molecule has 2 aromatic rings. The van der Waals surface area contributed by atoms with Crippen LogP contribution in [0.25, 0.3) is 0 Å². The van der Waals surface area contributed by atoms with Crippen molar-refractivity contribution in [2.75, 3.05) is 17.7 Å². The van der Waals surface area contributed by atoms with E-state index in [1.54, 1.807) is 0 Å². The van der Waals surface area contributed by atoms with Gasteiger partial charge in [-0.1, -0.05) is 37.7 Å². The van der Waals surface area contributed by atoms with E-state index in [-0.39, 0.29) is 30.1 Å². The van der Waals surface area contributed by atoms with Crippen LogP contribution in [0.1, 0.15) is 50.4 Å². The number of benzene rings is 1. The van der Waals surface area contributed by atoms with Crippen molar-refractivity contribution in [2.24, 2.45) is 5.73 Å². The lowest BCUT2D eigenvalue weighted by atomic mass is 10.0. The molecule has 9 heteroatoms. The Labute approximate surface area is 181 Å². The second kappa shape index (κ2) is 10.6. The largest absolute Gasteiger partial charge is 0.376 e. The Balaban J connectivity index is 1.63. The van der Waals surface area contributed by atoms with Gasteiger partial charge in [0.05, 0.1) is 18.4 Å². The van der Waals surface area contributed by atoms with Crippen molar-refractivity contribution in [3.63, 3.8) is 0 Å². The molecule has 0 aliphatic carbocycles. The van der Waals surface area contributed by atoms with Gasteiger partial charge in [-0.3, -0.25) is 9.59 Å². The van der Waals surface area contributed by atoms with Crippen molar-refractivity contribution < 1.29 is 14.3 Å². The zero-order valence-electron chi connectivity index (χ0n) is 17.5. The van der Waals surface area contributed by atoms with Gasteiger partial charge in [-0.15, -0.1) is 10.2 Å². The summed E-state index contributed by atoms with van der Waals surface area (Å²) in [6.07, 6.45) is 2.74. The number of aryl methyl sites for hydroxylation is 1. The monoisotopic (exact) mass is 431 g/mol. The summed E-state index contributed by atoms with van der Waals surface area (Å²) in [7, 11) is 0. The molecule has 2 amide bonds. The maximum absolute atomic E-state index is 12.5. The summed E-state index contributed by atoms with van der Waals surface area (Å²) in [5, 5.41) is 12.1. The number of rotatable bonds is 10. The molecule has 1 saturated heterocycles. The van der Waals surface area contributed by atoms with Crippen LogP contribution in [-0.2, 0) is 27.3 Å². The molecule has 0 bridgehead atoms. The van der Waals surface area contributed by atoms with Gasteiger partial charge in [-0.2, -0.15) is 0 Å². The van der Waals surface area contributed by atoms with Gasteiger partial charge < -0.3 is 20.4 Å². The molecule has 3 rings (SSSR count). The first kappa shape index (κ1) is 22.3. The predicted octanol–water partition coefficient (Wildman–Crippen LogP) is 2.73. The number of hydrogen-bond acceptors (Lipinski definition) is 6. The molecule has 3 N–H and O–H groups in total. The van der Waals surface area contributed by atoms with Crippen LogP contribution in [0.3, 0.4) is 0 Å². The van der Waals surface area contributed by atoms with Gasteiger partial charge in [-0.25, -0.2) is 0 Å². The standard InChI is InChI=1S/C21H29N5O3S/c1-14(2)15-5-3-6-16(11-15)23-20(28)13-30-21-25-24-19(9-8-18(22)27)26(21)12-17-7-4-10-29-17/h3,5-6,11,14,17H,4,7-10,12-13H2,1-2H3,(H2,22,27)(H,23,28). The highest BCUT2D eigenvalue weighted by Gasteiger charge is 2.21. The number of carbonyl (C=O) groups is 2. The molecule has 1 unspecified atom stereocenters. The Hall–Kier alpha value is -2.39. The number of thioether (sulfide) groups is 1. The highest BCUT2D eigenvalue weighted by Crippen LogP contribution is 2.23. The summed E-state index contributed by atoms with van der Waals surface area (Å²) in [6, 6.07) is 7.88. The van der Waals surface area contributed by atoms with Gasteiger partial charge >= 0.3 is 0 Å². The van der Waals surface area contributed by atoms with Crippen molar-refractivity contribution in [3.8, 4) is 0 Å². The molecule has 0 saturated carbocycles. The number of carbonyl (C=O) groups excluding carboxylic acids is 2. The van der Waals surface area contributed by atoms with E-state index < -0.39 is 0 Å². The van der Waals surface area contributed by atoms with E-state index in [2.05, 4.69) is 35.4 Å². The second-order valence-corrected chi connectivity index (χ2v) is 8.67. The zero-order chi connectivity index (χ0) is 21.5. The van der Waals surface area contributed by atoms with Crippen molar-refractivity contribution in [2.45, 2.75) is 63.3 Å². The van der Waals surface area contributed by atoms with Gasteiger partial charge in [0.2, 0.25) is 11.8 Å². The number of hydrogen-bond donors (Lipinski definition) is 2.